The molecule has 0 heterocycles. The van der Waals surface area contributed by atoms with E-state index < -0.39 is 15.9 Å². The first-order chi connectivity index (χ1) is 8.71. The summed E-state index contributed by atoms with van der Waals surface area (Å²) in [6.45, 7) is 1.10. The number of rotatable bonds is 5. The Morgan fingerprint density at radius 3 is 2.37 bits per heavy atom. The number of carbonyl (C=O) groups is 2. The normalized spacial score (nSPS) is 11.4. The maximum absolute atomic E-state index is 11.7. The van der Waals surface area contributed by atoms with Crippen molar-refractivity contribution >= 4 is 27.4 Å². The molecule has 7 heteroatoms. The van der Waals surface area contributed by atoms with Gasteiger partial charge in [-0.05, 0) is 19.1 Å². The predicted molar refractivity (Wildman–Crippen MR) is 72.6 cm³/mol. The quantitative estimate of drug-likeness (QED) is 0.807. The van der Waals surface area contributed by atoms with Crippen molar-refractivity contribution in [1.82, 2.24) is 4.31 Å². The third-order valence-electron chi connectivity index (χ3n) is 2.51. The van der Waals surface area contributed by atoms with Crippen molar-refractivity contribution in [1.29, 1.82) is 0 Å². The highest BCUT2D eigenvalue weighted by Crippen LogP contribution is 2.15. The number of nitrogens with one attached hydrogen (secondary N) is 1. The molecule has 6 nitrogen and oxygen atoms in total. The molecule has 19 heavy (non-hydrogen) atoms. The van der Waals surface area contributed by atoms with E-state index in [9.17, 15) is 18.0 Å². The summed E-state index contributed by atoms with van der Waals surface area (Å²) in [6.07, 6.45) is 1.02. The minimum atomic E-state index is -3.41. The molecule has 0 saturated heterocycles. The molecule has 1 rings (SSSR count). The lowest BCUT2D eigenvalue weighted by Crippen LogP contribution is -2.34. The fourth-order valence-corrected chi connectivity index (χ4v) is 1.76. The molecule has 1 aromatic carbocycles. The smallest absolute Gasteiger partial charge is 0.239 e. The molecule has 0 fully saturated rings. The van der Waals surface area contributed by atoms with Crippen molar-refractivity contribution in [3.05, 3.63) is 29.8 Å². The van der Waals surface area contributed by atoms with Crippen LogP contribution >= 0.6 is 0 Å². The Morgan fingerprint density at radius 2 is 1.84 bits per heavy atom. The third kappa shape index (κ3) is 4.46. The van der Waals surface area contributed by atoms with Gasteiger partial charge in [-0.15, -0.1) is 0 Å². The van der Waals surface area contributed by atoms with Gasteiger partial charge in [-0.25, -0.2) is 8.42 Å². The predicted octanol–water partition coefficient (Wildman–Crippen LogP) is 0.719. The molecular weight excluding hydrogens is 268 g/mol. The van der Waals surface area contributed by atoms with Crippen molar-refractivity contribution in [2.45, 2.75) is 6.92 Å². The Bertz CT molecular complexity index is 596. The first-order valence-electron chi connectivity index (χ1n) is 5.53. The van der Waals surface area contributed by atoms with Crippen LogP contribution in [0.4, 0.5) is 5.69 Å². The van der Waals surface area contributed by atoms with Crippen LogP contribution in [0, 0.1) is 0 Å². The Hall–Kier alpha value is -1.73. The van der Waals surface area contributed by atoms with Gasteiger partial charge in [-0.3, -0.25) is 9.59 Å². The Kier molecular flexibility index (Phi) is 4.79. The van der Waals surface area contributed by atoms with Crippen LogP contribution in [0.3, 0.4) is 0 Å². The van der Waals surface area contributed by atoms with E-state index in [0.29, 0.717) is 11.3 Å². The molecule has 0 aliphatic rings. The number of anilines is 1. The van der Waals surface area contributed by atoms with Crippen molar-refractivity contribution in [2.24, 2.45) is 0 Å². The fourth-order valence-electron chi connectivity index (χ4n) is 1.41. The molecule has 0 aromatic heterocycles. The van der Waals surface area contributed by atoms with E-state index in [2.05, 4.69) is 5.32 Å². The van der Waals surface area contributed by atoms with Gasteiger partial charge in [0.2, 0.25) is 15.9 Å². The molecule has 1 amide bonds. The zero-order valence-electron chi connectivity index (χ0n) is 11.0. The standard InChI is InChI=1S/C12H16N2O4S/c1-9(15)10-6-4-5-7-11(10)13-12(16)8-14(2)19(3,17)18/h4-7H,8H2,1-3H3,(H,13,16). The molecule has 1 N–H and O–H groups in total. The van der Waals surface area contributed by atoms with Gasteiger partial charge in [0.1, 0.15) is 0 Å². The maximum Gasteiger partial charge on any atom is 0.239 e. The number of amides is 1. The molecule has 104 valence electrons. The van der Waals surface area contributed by atoms with E-state index in [-0.39, 0.29) is 12.3 Å². The molecular formula is C12H16N2O4S. The molecule has 0 radical (unpaired) electrons. The van der Waals surface area contributed by atoms with Gasteiger partial charge >= 0.3 is 0 Å². The van der Waals surface area contributed by atoms with E-state index in [1.54, 1.807) is 24.3 Å². The maximum atomic E-state index is 11.7. The van der Waals surface area contributed by atoms with Crippen LogP contribution in [0.2, 0.25) is 0 Å². The van der Waals surface area contributed by atoms with Gasteiger partial charge in [0.05, 0.1) is 18.5 Å². The number of likely N-dealkylation sites (N-methyl/N-ethyl adjacent to an activating group) is 1. The van der Waals surface area contributed by atoms with E-state index >= 15 is 0 Å². The summed E-state index contributed by atoms with van der Waals surface area (Å²) in [4.78, 5) is 23.1. The summed E-state index contributed by atoms with van der Waals surface area (Å²) in [5.74, 6) is -0.672. The van der Waals surface area contributed by atoms with E-state index in [1.165, 1.54) is 14.0 Å². The molecule has 0 saturated carbocycles. The molecule has 0 bridgehead atoms. The summed E-state index contributed by atoms with van der Waals surface area (Å²) >= 11 is 0. The minimum absolute atomic E-state index is 0.174. The third-order valence-corrected chi connectivity index (χ3v) is 3.77. The zero-order chi connectivity index (χ0) is 14.6. The lowest BCUT2D eigenvalue weighted by molar-refractivity contribution is -0.116. The minimum Gasteiger partial charge on any atom is -0.324 e. The highest BCUT2D eigenvalue weighted by Gasteiger charge is 2.16. The van der Waals surface area contributed by atoms with Crippen molar-refractivity contribution < 1.29 is 18.0 Å². The number of para-hydroxylation sites is 1. The zero-order valence-corrected chi connectivity index (χ0v) is 11.8. The van der Waals surface area contributed by atoms with Crippen LogP contribution in [0.15, 0.2) is 24.3 Å². The summed E-state index contributed by atoms with van der Waals surface area (Å²) in [5.41, 5.74) is 0.764. The van der Waals surface area contributed by atoms with Gasteiger partial charge in [0.25, 0.3) is 0 Å². The van der Waals surface area contributed by atoms with Gasteiger partial charge in [0.15, 0.2) is 5.78 Å². The van der Waals surface area contributed by atoms with Crippen molar-refractivity contribution in [3.8, 4) is 0 Å². The highest BCUT2D eigenvalue weighted by molar-refractivity contribution is 7.88. The van der Waals surface area contributed by atoms with Crippen LogP contribution in [-0.4, -0.2) is 44.3 Å². The lowest BCUT2D eigenvalue weighted by atomic mass is 10.1. The van der Waals surface area contributed by atoms with Gasteiger partial charge in [-0.1, -0.05) is 12.1 Å². The molecule has 0 atom stereocenters. The molecule has 0 aliphatic heterocycles. The van der Waals surface area contributed by atoms with E-state index in [1.807, 2.05) is 0 Å². The number of Topliss-reactive ketones (excluding diaryl/α,β-unsaturated/α-hetero) is 1. The summed E-state index contributed by atoms with van der Waals surface area (Å²) < 4.78 is 23.3. The Morgan fingerprint density at radius 1 is 1.26 bits per heavy atom. The van der Waals surface area contributed by atoms with Crippen LogP contribution < -0.4 is 5.32 Å². The number of hydrogen-bond acceptors (Lipinski definition) is 4. The molecule has 0 unspecified atom stereocenters. The molecule has 1 aromatic rings. The van der Waals surface area contributed by atoms with E-state index in [0.717, 1.165) is 10.6 Å². The average molecular weight is 284 g/mol. The van der Waals surface area contributed by atoms with Crippen molar-refractivity contribution in [2.75, 3.05) is 25.2 Å². The Balaban J connectivity index is 2.81. The second-order valence-electron chi connectivity index (χ2n) is 4.17. The number of nitrogens with zero attached hydrogens (tertiary/aromatic N) is 1. The second kappa shape index (κ2) is 5.94. The second-order valence-corrected chi connectivity index (χ2v) is 6.26. The van der Waals surface area contributed by atoms with E-state index in [4.69, 9.17) is 0 Å². The molecule has 0 spiro atoms. The molecule has 0 aliphatic carbocycles. The first-order valence-corrected chi connectivity index (χ1v) is 7.38. The summed E-state index contributed by atoms with van der Waals surface area (Å²) in [5, 5.41) is 2.53. The fraction of sp³-hybridized carbons (Fsp3) is 0.333. The lowest BCUT2D eigenvalue weighted by Gasteiger charge is -2.14. The summed E-state index contributed by atoms with van der Waals surface area (Å²) in [7, 11) is -2.10. The monoisotopic (exact) mass is 284 g/mol. The van der Waals surface area contributed by atoms with Crippen LogP contribution in [-0.2, 0) is 14.8 Å². The highest BCUT2D eigenvalue weighted by atomic mass is 32.2. The summed E-state index contributed by atoms with van der Waals surface area (Å²) in [6, 6.07) is 6.56. The number of ketones is 1. The van der Waals surface area contributed by atoms with Crippen LogP contribution in [0.1, 0.15) is 17.3 Å². The number of carbonyl (C=O) groups excluding carboxylic acids is 2. The van der Waals surface area contributed by atoms with Crippen LogP contribution in [0.5, 0.6) is 0 Å². The first kappa shape index (κ1) is 15.3. The topological polar surface area (TPSA) is 83.6 Å². The number of hydrogen-bond donors (Lipinski definition) is 1. The number of sulfonamides is 1. The Labute approximate surface area is 112 Å². The SMILES string of the molecule is CC(=O)c1ccccc1NC(=O)CN(C)S(C)(=O)=O. The van der Waals surface area contributed by atoms with Crippen LogP contribution in [0.25, 0.3) is 0 Å². The largest absolute Gasteiger partial charge is 0.324 e. The van der Waals surface area contributed by atoms with Gasteiger partial charge in [0, 0.05) is 12.6 Å². The van der Waals surface area contributed by atoms with Crippen molar-refractivity contribution in [3.63, 3.8) is 0 Å². The average Bonchev–Trinajstić information content (AvgIpc) is 2.27. The number of benzene rings is 1. The van der Waals surface area contributed by atoms with Gasteiger partial charge < -0.3 is 5.32 Å². The van der Waals surface area contributed by atoms with Gasteiger partial charge in [-0.2, -0.15) is 4.31 Å².